The third kappa shape index (κ3) is 3.14. The number of hydrogen-bond donors (Lipinski definition) is 0. The van der Waals surface area contributed by atoms with Crippen LogP contribution >= 0.6 is 0 Å². The SMILES string of the molecule is Cc1ncncc1C(=O)N1CCOC(c2ccccc2)CC1. The number of benzene rings is 1. The van der Waals surface area contributed by atoms with Gasteiger partial charge in [-0.2, -0.15) is 0 Å². The Morgan fingerprint density at radius 2 is 2.09 bits per heavy atom. The number of aryl methyl sites for hydroxylation is 1. The smallest absolute Gasteiger partial charge is 0.257 e. The zero-order valence-corrected chi connectivity index (χ0v) is 12.6. The first kappa shape index (κ1) is 14.7. The van der Waals surface area contributed by atoms with E-state index < -0.39 is 0 Å². The molecule has 0 spiro atoms. The minimum absolute atomic E-state index is 0.0181. The molecule has 1 aromatic carbocycles. The first-order valence-corrected chi connectivity index (χ1v) is 7.48. The number of rotatable bonds is 2. The van der Waals surface area contributed by atoms with Crippen LogP contribution < -0.4 is 0 Å². The molecule has 0 radical (unpaired) electrons. The highest BCUT2D eigenvalue weighted by atomic mass is 16.5. The molecule has 1 saturated heterocycles. The van der Waals surface area contributed by atoms with Gasteiger partial charge in [0.1, 0.15) is 6.33 Å². The summed E-state index contributed by atoms with van der Waals surface area (Å²) in [5.74, 6) is -0.0181. The lowest BCUT2D eigenvalue weighted by Gasteiger charge is -2.20. The second kappa shape index (κ2) is 6.66. The van der Waals surface area contributed by atoms with Crippen LogP contribution in [0.3, 0.4) is 0 Å². The second-order valence-corrected chi connectivity index (χ2v) is 5.37. The van der Waals surface area contributed by atoms with Crippen molar-refractivity contribution in [2.45, 2.75) is 19.4 Å². The van der Waals surface area contributed by atoms with Gasteiger partial charge in [-0.05, 0) is 18.9 Å². The number of amides is 1. The van der Waals surface area contributed by atoms with Crippen molar-refractivity contribution in [1.29, 1.82) is 0 Å². The lowest BCUT2D eigenvalue weighted by Crippen LogP contribution is -2.33. The van der Waals surface area contributed by atoms with Gasteiger partial charge in [0.2, 0.25) is 0 Å². The summed E-state index contributed by atoms with van der Waals surface area (Å²) in [6.45, 7) is 3.64. The van der Waals surface area contributed by atoms with Gasteiger partial charge >= 0.3 is 0 Å². The van der Waals surface area contributed by atoms with Gasteiger partial charge in [-0.1, -0.05) is 30.3 Å². The third-order valence-electron chi connectivity index (χ3n) is 3.94. The van der Waals surface area contributed by atoms with Crippen LogP contribution in [0, 0.1) is 6.92 Å². The molecule has 1 atom stereocenters. The van der Waals surface area contributed by atoms with Gasteiger partial charge in [-0.25, -0.2) is 9.97 Å². The lowest BCUT2D eigenvalue weighted by atomic mass is 10.1. The van der Waals surface area contributed by atoms with E-state index in [9.17, 15) is 4.79 Å². The van der Waals surface area contributed by atoms with E-state index in [1.54, 1.807) is 6.20 Å². The first-order valence-electron chi connectivity index (χ1n) is 7.48. The van der Waals surface area contributed by atoms with E-state index in [2.05, 4.69) is 22.1 Å². The summed E-state index contributed by atoms with van der Waals surface area (Å²) in [4.78, 5) is 22.5. The Kier molecular flexibility index (Phi) is 4.44. The highest BCUT2D eigenvalue weighted by Gasteiger charge is 2.24. The first-order chi connectivity index (χ1) is 10.8. The molecule has 5 heteroatoms. The van der Waals surface area contributed by atoms with Crippen LogP contribution in [0.15, 0.2) is 42.9 Å². The number of aromatic nitrogens is 2. The van der Waals surface area contributed by atoms with Crippen molar-refractivity contribution in [3.63, 3.8) is 0 Å². The molecule has 22 heavy (non-hydrogen) atoms. The lowest BCUT2D eigenvalue weighted by molar-refractivity contribution is 0.0584. The molecule has 1 unspecified atom stereocenters. The standard InChI is InChI=1S/C17H19N3O2/c1-13-15(11-18-12-19-13)17(21)20-8-7-16(22-10-9-20)14-5-3-2-4-6-14/h2-6,11-12,16H,7-10H2,1H3. The molecule has 1 amide bonds. The fraction of sp³-hybridized carbons (Fsp3) is 0.353. The maximum atomic E-state index is 12.6. The molecule has 2 aromatic rings. The second-order valence-electron chi connectivity index (χ2n) is 5.37. The predicted molar refractivity (Wildman–Crippen MR) is 82.4 cm³/mol. The fourth-order valence-electron chi connectivity index (χ4n) is 2.68. The van der Waals surface area contributed by atoms with Crippen molar-refractivity contribution in [2.24, 2.45) is 0 Å². The molecule has 1 aliphatic rings. The van der Waals surface area contributed by atoms with E-state index in [0.29, 0.717) is 31.0 Å². The van der Waals surface area contributed by atoms with E-state index >= 15 is 0 Å². The van der Waals surface area contributed by atoms with Gasteiger partial charge < -0.3 is 9.64 Å². The molecule has 2 heterocycles. The quantitative estimate of drug-likeness (QED) is 0.854. The van der Waals surface area contributed by atoms with Crippen LogP contribution in [0.25, 0.3) is 0 Å². The average Bonchev–Trinajstić information content (AvgIpc) is 2.81. The Labute approximate surface area is 130 Å². The summed E-state index contributed by atoms with van der Waals surface area (Å²) in [5.41, 5.74) is 2.45. The highest BCUT2D eigenvalue weighted by molar-refractivity contribution is 5.94. The van der Waals surface area contributed by atoms with Crippen molar-refractivity contribution in [1.82, 2.24) is 14.9 Å². The van der Waals surface area contributed by atoms with Crippen molar-refractivity contribution in [2.75, 3.05) is 19.7 Å². The Morgan fingerprint density at radius 3 is 2.86 bits per heavy atom. The molecule has 0 saturated carbocycles. The zero-order chi connectivity index (χ0) is 15.4. The Bertz CT molecular complexity index is 645. The number of carbonyl (C=O) groups is 1. The number of hydrogen-bond acceptors (Lipinski definition) is 4. The molecule has 0 N–H and O–H groups in total. The maximum Gasteiger partial charge on any atom is 0.257 e. The van der Waals surface area contributed by atoms with Crippen LogP contribution in [0.1, 0.15) is 34.1 Å². The Morgan fingerprint density at radius 1 is 1.27 bits per heavy atom. The minimum atomic E-state index is -0.0181. The van der Waals surface area contributed by atoms with Gasteiger partial charge in [0, 0.05) is 19.3 Å². The summed E-state index contributed by atoms with van der Waals surface area (Å²) >= 11 is 0. The zero-order valence-electron chi connectivity index (χ0n) is 12.6. The summed E-state index contributed by atoms with van der Waals surface area (Å²) in [7, 11) is 0. The fourth-order valence-corrected chi connectivity index (χ4v) is 2.68. The molecule has 0 aliphatic carbocycles. The van der Waals surface area contributed by atoms with Crippen LogP contribution in [-0.2, 0) is 4.74 Å². The van der Waals surface area contributed by atoms with Gasteiger partial charge in [0.15, 0.2) is 0 Å². The summed E-state index contributed by atoms with van der Waals surface area (Å²) in [6.07, 6.45) is 3.89. The van der Waals surface area contributed by atoms with E-state index in [0.717, 1.165) is 12.0 Å². The Hall–Kier alpha value is -2.27. The van der Waals surface area contributed by atoms with E-state index in [-0.39, 0.29) is 12.0 Å². The molecule has 1 aromatic heterocycles. The van der Waals surface area contributed by atoms with E-state index in [1.165, 1.54) is 6.33 Å². The molecule has 0 bridgehead atoms. The van der Waals surface area contributed by atoms with E-state index in [4.69, 9.17) is 4.74 Å². The summed E-state index contributed by atoms with van der Waals surface area (Å²) in [6, 6.07) is 10.2. The molecule has 114 valence electrons. The minimum Gasteiger partial charge on any atom is -0.372 e. The largest absolute Gasteiger partial charge is 0.372 e. The molecule has 3 rings (SSSR count). The van der Waals surface area contributed by atoms with Crippen LogP contribution in [0.2, 0.25) is 0 Å². The molecule has 5 nitrogen and oxygen atoms in total. The number of ether oxygens (including phenoxy) is 1. The van der Waals surface area contributed by atoms with Gasteiger partial charge in [0.05, 0.1) is 24.0 Å². The third-order valence-corrected chi connectivity index (χ3v) is 3.94. The topological polar surface area (TPSA) is 55.3 Å². The predicted octanol–water partition coefficient (Wildman–Crippen LogP) is 2.39. The van der Waals surface area contributed by atoms with Crippen molar-refractivity contribution in [3.05, 3.63) is 59.7 Å². The summed E-state index contributed by atoms with van der Waals surface area (Å²) in [5, 5.41) is 0. The van der Waals surface area contributed by atoms with Gasteiger partial charge in [0.25, 0.3) is 5.91 Å². The highest BCUT2D eigenvalue weighted by Crippen LogP contribution is 2.24. The van der Waals surface area contributed by atoms with Crippen molar-refractivity contribution >= 4 is 5.91 Å². The van der Waals surface area contributed by atoms with Crippen molar-refractivity contribution < 1.29 is 9.53 Å². The summed E-state index contributed by atoms with van der Waals surface area (Å²) < 4.78 is 5.91. The number of carbonyl (C=O) groups excluding carboxylic acids is 1. The molecule has 1 fully saturated rings. The normalized spacial score (nSPS) is 18.8. The van der Waals surface area contributed by atoms with E-state index in [1.807, 2.05) is 30.0 Å². The van der Waals surface area contributed by atoms with Crippen LogP contribution in [-0.4, -0.2) is 40.5 Å². The van der Waals surface area contributed by atoms with Gasteiger partial charge in [-0.3, -0.25) is 4.79 Å². The van der Waals surface area contributed by atoms with Crippen LogP contribution in [0.4, 0.5) is 0 Å². The van der Waals surface area contributed by atoms with Crippen LogP contribution in [0.5, 0.6) is 0 Å². The van der Waals surface area contributed by atoms with Gasteiger partial charge in [-0.15, -0.1) is 0 Å². The molecular weight excluding hydrogens is 278 g/mol. The monoisotopic (exact) mass is 297 g/mol. The number of nitrogens with zero attached hydrogens (tertiary/aromatic N) is 3. The molecule has 1 aliphatic heterocycles. The van der Waals surface area contributed by atoms with Crippen molar-refractivity contribution in [3.8, 4) is 0 Å². The maximum absolute atomic E-state index is 12.6. The Balaban J connectivity index is 1.70. The molecular formula is C17H19N3O2. The average molecular weight is 297 g/mol.